The van der Waals surface area contributed by atoms with Gasteiger partial charge < -0.3 is 10.2 Å². The highest BCUT2D eigenvalue weighted by Crippen LogP contribution is 2.30. The van der Waals surface area contributed by atoms with Crippen molar-refractivity contribution >= 4 is 45.5 Å². The number of hydrogen-bond acceptors (Lipinski definition) is 3. The number of fused-ring (bicyclic) bond motifs is 1. The Bertz CT molecular complexity index is 1030. The van der Waals surface area contributed by atoms with E-state index >= 15 is 0 Å². The van der Waals surface area contributed by atoms with Crippen LogP contribution in [-0.2, 0) is 0 Å². The molecule has 0 amide bonds. The van der Waals surface area contributed by atoms with Crippen molar-refractivity contribution < 1.29 is 4.39 Å². The number of rotatable bonds is 4. The zero-order valence-electron chi connectivity index (χ0n) is 15.3. The van der Waals surface area contributed by atoms with Gasteiger partial charge in [-0.05, 0) is 49.2 Å². The Balaban J connectivity index is 1.45. The predicted molar refractivity (Wildman–Crippen MR) is 116 cm³/mol. The fraction of sp³-hybridized carbons (Fsp3) is 0.227. The first-order valence-electron chi connectivity index (χ1n) is 9.22. The molecule has 0 saturated carbocycles. The molecule has 1 aromatic heterocycles. The van der Waals surface area contributed by atoms with Gasteiger partial charge >= 0.3 is 0 Å². The van der Waals surface area contributed by atoms with Gasteiger partial charge in [0.25, 0.3) is 0 Å². The van der Waals surface area contributed by atoms with Gasteiger partial charge in [0.2, 0.25) is 0 Å². The summed E-state index contributed by atoms with van der Waals surface area (Å²) in [7, 11) is 0. The van der Waals surface area contributed by atoms with Crippen LogP contribution in [0.3, 0.4) is 0 Å². The minimum absolute atomic E-state index is 0.110. The molecule has 0 bridgehead atoms. The lowest BCUT2D eigenvalue weighted by molar-refractivity contribution is 0.460. The van der Waals surface area contributed by atoms with Gasteiger partial charge in [-0.3, -0.25) is 4.98 Å². The summed E-state index contributed by atoms with van der Waals surface area (Å²) in [6.45, 7) is 5.77. The van der Waals surface area contributed by atoms with E-state index in [1.807, 2.05) is 30.5 Å². The Morgan fingerprint density at radius 2 is 1.93 bits per heavy atom. The lowest BCUT2D eigenvalue weighted by atomic mass is 10.0. The highest BCUT2D eigenvalue weighted by atomic mass is 35.5. The van der Waals surface area contributed by atoms with Crippen LogP contribution in [0, 0.1) is 5.82 Å². The maximum absolute atomic E-state index is 14.2. The molecule has 2 aromatic carbocycles. The Kier molecular flexibility index (Phi) is 5.42. The lowest BCUT2D eigenvalue weighted by Gasteiger charge is -2.35. The Labute approximate surface area is 173 Å². The highest BCUT2D eigenvalue weighted by Gasteiger charge is 2.22. The normalized spacial score (nSPS) is 15.0. The van der Waals surface area contributed by atoms with Crippen molar-refractivity contribution in [1.29, 1.82) is 0 Å². The molecule has 1 aliphatic rings. The van der Waals surface area contributed by atoms with E-state index in [0.29, 0.717) is 16.3 Å². The molecule has 0 radical (unpaired) electrons. The SMILES string of the molecule is C=C(NC1CCN(c2ccnc3ccc(Cl)cc23)CC1)c1cccc(Cl)c1F. The Morgan fingerprint density at radius 1 is 1.14 bits per heavy atom. The first kappa shape index (κ1) is 19.0. The van der Waals surface area contributed by atoms with Crippen molar-refractivity contribution in [2.45, 2.75) is 18.9 Å². The molecule has 1 aliphatic heterocycles. The molecule has 1 fully saturated rings. The molecule has 2 heterocycles. The van der Waals surface area contributed by atoms with Gasteiger partial charge in [0, 0.05) is 52.7 Å². The molecular weight excluding hydrogens is 396 g/mol. The monoisotopic (exact) mass is 415 g/mol. The summed E-state index contributed by atoms with van der Waals surface area (Å²) < 4.78 is 14.2. The summed E-state index contributed by atoms with van der Waals surface area (Å²) in [6.07, 6.45) is 3.68. The van der Waals surface area contributed by atoms with Crippen LogP contribution in [0.2, 0.25) is 10.0 Å². The summed E-state index contributed by atoms with van der Waals surface area (Å²) >= 11 is 12.1. The van der Waals surface area contributed by atoms with Crippen molar-refractivity contribution in [3.8, 4) is 0 Å². The van der Waals surface area contributed by atoms with Crippen LogP contribution in [0.15, 0.2) is 55.2 Å². The maximum atomic E-state index is 14.2. The first-order chi connectivity index (χ1) is 13.5. The van der Waals surface area contributed by atoms with Crippen molar-refractivity contribution in [2.75, 3.05) is 18.0 Å². The second kappa shape index (κ2) is 7.98. The quantitative estimate of drug-likeness (QED) is 0.573. The lowest BCUT2D eigenvalue weighted by Crippen LogP contribution is -2.42. The van der Waals surface area contributed by atoms with Crippen molar-refractivity contribution in [1.82, 2.24) is 10.3 Å². The summed E-state index contributed by atoms with van der Waals surface area (Å²) in [5.41, 5.74) is 3.07. The summed E-state index contributed by atoms with van der Waals surface area (Å²) in [5.74, 6) is -0.431. The summed E-state index contributed by atoms with van der Waals surface area (Å²) in [6, 6.07) is 13.0. The molecule has 3 aromatic rings. The summed E-state index contributed by atoms with van der Waals surface area (Å²) in [4.78, 5) is 6.77. The standard InChI is InChI=1S/C22H20Cl2FN3/c1-14(17-3-2-4-19(24)22(17)25)27-16-8-11-28(12-9-16)21-7-10-26-20-6-5-15(23)13-18(20)21/h2-7,10,13,16,27H,1,8-9,11-12H2. The second-order valence-corrected chi connectivity index (χ2v) is 7.82. The van der Waals surface area contributed by atoms with E-state index in [1.54, 1.807) is 12.1 Å². The molecule has 0 unspecified atom stereocenters. The average molecular weight is 416 g/mol. The molecule has 4 rings (SSSR count). The van der Waals surface area contributed by atoms with Crippen molar-refractivity contribution in [2.24, 2.45) is 0 Å². The number of nitrogens with one attached hydrogen (secondary N) is 1. The van der Waals surface area contributed by atoms with Crippen LogP contribution in [0.25, 0.3) is 16.6 Å². The molecule has 28 heavy (non-hydrogen) atoms. The van der Waals surface area contributed by atoms with Crippen molar-refractivity contribution in [3.05, 3.63) is 76.7 Å². The van der Waals surface area contributed by atoms with E-state index in [4.69, 9.17) is 23.2 Å². The second-order valence-electron chi connectivity index (χ2n) is 6.98. The molecule has 1 saturated heterocycles. The van der Waals surface area contributed by atoms with E-state index in [0.717, 1.165) is 42.5 Å². The number of anilines is 1. The number of pyridine rings is 1. The van der Waals surface area contributed by atoms with Gasteiger partial charge in [-0.15, -0.1) is 0 Å². The number of hydrogen-bond donors (Lipinski definition) is 1. The van der Waals surface area contributed by atoms with Gasteiger partial charge in [-0.2, -0.15) is 0 Å². The van der Waals surface area contributed by atoms with Gasteiger partial charge in [0.1, 0.15) is 0 Å². The van der Waals surface area contributed by atoms with Crippen LogP contribution in [0.1, 0.15) is 18.4 Å². The van der Waals surface area contributed by atoms with Crippen LogP contribution in [0.4, 0.5) is 10.1 Å². The molecule has 0 atom stereocenters. The number of piperidine rings is 1. The predicted octanol–water partition coefficient (Wildman–Crippen LogP) is 5.91. The van der Waals surface area contributed by atoms with E-state index < -0.39 is 5.82 Å². The maximum Gasteiger partial charge on any atom is 0.151 e. The first-order valence-corrected chi connectivity index (χ1v) is 9.97. The Hall–Kier alpha value is -2.30. The molecular formula is C22H20Cl2FN3. The van der Waals surface area contributed by atoms with E-state index in [-0.39, 0.29) is 11.1 Å². The highest BCUT2D eigenvalue weighted by molar-refractivity contribution is 6.31. The van der Waals surface area contributed by atoms with E-state index in [9.17, 15) is 4.39 Å². The molecule has 144 valence electrons. The third kappa shape index (κ3) is 3.80. The minimum Gasteiger partial charge on any atom is -0.382 e. The minimum atomic E-state index is -0.431. The van der Waals surface area contributed by atoms with Crippen LogP contribution in [0.5, 0.6) is 0 Å². The largest absolute Gasteiger partial charge is 0.382 e. The zero-order valence-corrected chi connectivity index (χ0v) is 16.8. The van der Waals surface area contributed by atoms with Crippen LogP contribution in [-0.4, -0.2) is 24.1 Å². The van der Waals surface area contributed by atoms with Gasteiger partial charge in [-0.1, -0.05) is 35.8 Å². The zero-order chi connectivity index (χ0) is 19.7. The third-order valence-electron chi connectivity index (χ3n) is 5.17. The van der Waals surface area contributed by atoms with Gasteiger partial charge in [0.05, 0.1) is 10.5 Å². The fourth-order valence-electron chi connectivity index (χ4n) is 3.71. The molecule has 0 aliphatic carbocycles. The Morgan fingerprint density at radius 3 is 2.71 bits per heavy atom. The molecule has 6 heteroatoms. The van der Waals surface area contributed by atoms with Gasteiger partial charge in [-0.25, -0.2) is 4.39 Å². The van der Waals surface area contributed by atoms with Crippen LogP contribution < -0.4 is 10.2 Å². The van der Waals surface area contributed by atoms with Crippen LogP contribution >= 0.6 is 23.2 Å². The van der Waals surface area contributed by atoms with E-state index in [1.165, 1.54) is 6.07 Å². The molecule has 3 nitrogen and oxygen atoms in total. The number of halogens is 3. The number of benzene rings is 2. The average Bonchev–Trinajstić information content (AvgIpc) is 2.70. The molecule has 1 N–H and O–H groups in total. The van der Waals surface area contributed by atoms with E-state index in [2.05, 4.69) is 21.8 Å². The van der Waals surface area contributed by atoms with Crippen molar-refractivity contribution in [3.63, 3.8) is 0 Å². The topological polar surface area (TPSA) is 28.2 Å². The molecule has 0 spiro atoms. The fourth-order valence-corrected chi connectivity index (χ4v) is 4.05. The van der Waals surface area contributed by atoms with Gasteiger partial charge in [0.15, 0.2) is 5.82 Å². The summed E-state index contributed by atoms with van der Waals surface area (Å²) in [5, 5.41) is 5.25. The number of nitrogens with zero attached hydrogens (tertiary/aromatic N) is 2. The smallest absolute Gasteiger partial charge is 0.151 e. The number of aromatic nitrogens is 1. The third-order valence-corrected chi connectivity index (χ3v) is 5.70.